The van der Waals surface area contributed by atoms with Crippen molar-refractivity contribution >= 4 is 27.4 Å². The van der Waals surface area contributed by atoms with Crippen LogP contribution in [-0.2, 0) is 10.0 Å². The predicted molar refractivity (Wildman–Crippen MR) is 76.3 cm³/mol. The van der Waals surface area contributed by atoms with E-state index < -0.39 is 10.0 Å². The number of anilines is 1. The first-order valence-electron chi connectivity index (χ1n) is 6.09. The van der Waals surface area contributed by atoms with Crippen molar-refractivity contribution in [2.24, 2.45) is 0 Å². The first kappa shape index (κ1) is 13.4. The van der Waals surface area contributed by atoms with Crippen molar-refractivity contribution in [3.05, 3.63) is 35.5 Å². The minimum absolute atomic E-state index is 0.0874. The van der Waals surface area contributed by atoms with Crippen molar-refractivity contribution in [3.63, 3.8) is 0 Å². The third-order valence-corrected chi connectivity index (χ3v) is 4.83. The van der Waals surface area contributed by atoms with Crippen LogP contribution < -0.4 is 10.5 Å². The van der Waals surface area contributed by atoms with Gasteiger partial charge in [-0.25, -0.2) is 17.8 Å². The van der Waals surface area contributed by atoms with Crippen LogP contribution in [0.15, 0.2) is 35.4 Å². The molecule has 8 heteroatoms. The van der Waals surface area contributed by atoms with Crippen molar-refractivity contribution in [1.29, 1.82) is 0 Å². The fourth-order valence-electron chi connectivity index (χ4n) is 1.77. The van der Waals surface area contributed by atoms with E-state index in [1.54, 1.807) is 18.3 Å². The second-order valence-corrected chi connectivity index (χ2v) is 6.82. The van der Waals surface area contributed by atoms with Gasteiger partial charge < -0.3 is 5.73 Å². The monoisotopic (exact) mass is 312 g/mol. The highest BCUT2D eigenvalue weighted by Crippen LogP contribution is 2.23. The maximum Gasteiger partial charge on any atom is 0.240 e. The maximum atomic E-state index is 12.0. The number of aromatic nitrogens is 2. The van der Waals surface area contributed by atoms with Crippen LogP contribution in [0.2, 0.25) is 5.02 Å². The summed E-state index contributed by atoms with van der Waals surface area (Å²) < 4.78 is 28.2. The highest BCUT2D eigenvalue weighted by atomic mass is 35.5. The van der Waals surface area contributed by atoms with Gasteiger partial charge in [-0.3, -0.25) is 0 Å². The lowest BCUT2D eigenvalue weighted by molar-refractivity contribution is 0.581. The number of nitrogen functional groups attached to an aromatic ring is 1. The number of hydrogen-bond acceptors (Lipinski definition) is 4. The Morgan fingerprint density at radius 3 is 2.45 bits per heavy atom. The number of benzene rings is 1. The molecular weight excluding hydrogens is 300 g/mol. The van der Waals surface area contributed by atoms with E-state index in [-0.39, 0.29) is 16.8 Å². The van der Waals surface area contributed by atoms with Gasteiger partial charge in [0.2, 0.25) is 10.0 Å². The fourth-order valence-corrected chi connectivity index (χ4v) is 3.20. The molecule has 1 fully saturated rings. The van der Waals surface area contributed by atoms with E-state index in [1.165, 1.54) is 16.8 Å². The molecule has 1 heterocycles. The van der Waals surface area contributed by atoms with Crippen LogP contribution in [0.3, 0.4) is 0 Å². The SMILES string of the molecule is Nc1nn(-c2ccc(S(=O)(=O)NC3CC3)cc2)cc1Cl. The molecule has 0 bridgehead atoms. The quantitative estimate of drug-likeness (QED) is 0.896. The molecule has 0 radical (unpaired) electrons. The Hall–Kier alpha value is -1.57. The number of nitrogens with two attached hydrogens (primary N) is 1. The zero-order valence-corrected chi connectivity index (χ0v) is 12.0. The largest absolute Gasteiger partial charge is 0.381 e. The molecular formula is C12H13ClN4O2S. The first-order chi connectivity index (χ1) is 9.45. The molecule has 0 spiro atoms. The normalized spacial score (nSPS) is 15.4. The number of nitrogens with zero attached hydrogens (tertiary/aromatic N) is 2. The molecule has 1 aliphatic rings. The summed E-state index contributed by atoms with van der Waals surface area (Å²) in [5.41, 5.74) is 6.26. The molecule has 0 saturated heterocycles. The van der Waals surface area contributed by atoms with E-state index in [0.29, 0.717) is 10.7 Å². The average molecular weight is 313 g/mol. The van der Waals surface area contributed by atoms with Crippen molar-refractivity contribution in [3.8, 4) is 5.69 Å². The first-order valence-corrected chi connectivity index (χ1v) is 7.95. The van der Waals surface area contributed by atoms with Gasteiger partial charge in [0.25, 0.3) is 0 Å². The fraction of sp³-hybridized carbons (Fsp3) is 0.250. The predicted octanol–water partition coefficient (Wildman–Crippen LogP) is 1.55. The molecule has 0 unspecified atom stereocenters. The van der Waals surface area contributed by atoms with Gasteiger partial charge >= 0.3 is 0 Å². The van der Waals surface area contributed by atoms with Crippen LogP contribution in [0.5, 0.6) is 0 Å². The Morgan fingerprint density at radius 2 is 1.95 bits per heavy atom. The summed E-state index contributed by atoms with van der Waals surface area (Å²) in [4.78, 5) is 0.236. The van der Waals surface area contributed by atoms with Gasteiger partial charge in [-0.2, -0.15) is 0 Å². The van der Waals surface area contributed by atoms with E-state index in [1.807, 2.05) is 0 Å². The number of sulfonamides is 1. The molecule has 3 rings (SSSR count). The van der Waals surface area contributed by atoms with E-state index >= 15 is 0 Å². The topological polar surface area (TPSA) is 90.0 Å². The lowest BCUT2D eigenvalue weighted by Gasteiger charge is -2.06. The molecule has 106 valence electrons. The Kier molecular flexibility index (Phi) is 3.19. The van der Waals surface area contributed by atoms with Gasteiger partial charge in [-0.1, -0.05) is 11.6 Å². The summed E-state index contributed by atoms with van der Waals surface area (Å²) in [6.07, 6.45) is 3.38. The summed E-state index contributed by atoms with van der Waals surface area (Å²) in [6, 6.07) is 6.47. The highest BCUT2D eigenvalue weighted by molar-refractivity contribution is 7.89. The Labute approximate surface area is 121 Å². The highest BCUT2D eigenvalue weighted by Gasteiger charge is 2.27. The number of halogens is 1. The lowest BCUT2D eigenvalue weighted by Crippen LogP contribution is -2.25. The molecule has 0 atom stereocenters. The third kappa shape index (κ3) is 2.65. The van der Waals surface area contributed by atoms with E-state index in [2.05, 4.69) is 9.82 Å². The van der Waals surface area contributed by atoms with Crippen molar-refractivity contribution in [2.75, 3.05) is 5.73 Å². The molecule has 0 aliphatic heterocycles. The van der Waals surface area contributed by atoms with Crippen molar-refractivity contribution in [1.82, 2.24) is 14.5 Å². The van der Waals surface area contributed by atoms with Gasteiger partial charge in [-0.15, -0.1) is 5.10 Å². The summed E-state index contributed by atoms with van der Waals surface area (Å²) in [5, 5.41) is 4.39. The van der Waals surface area contributed by atoms with Gasteiger partial charge in [0.15, 0.2) is 5.82 Å². The summed E-state index contributed by atoms with van der Waals surface area (Å²) in [7, 11) is -3.43. The molecule has 1 aliphatic carbocycles. The maximum absolute atomic E-state index is 12.0. The zero-order valence-electron chi connectivity index (χ0n) is 10.5. The Morgan fingerprint density at radius 1 is 1.30 bits per heavy atom. The second kappa shape index (κ2) is 4.76. The smallest absolute Gasteiger partial charge is 0.240 e. The standard InChI is InChI=1S/C12H13ClN4O2S/c13-11-7-17(15-12(11)14)9-3-5-10(6-4-9)20(18,19)16-8-1-2-8/h3-8,16H,1-2H2,(H2,14,15). The van der Waals surface area contributed by atoms with Crippen LogP contribution in [0.25, 0.3) is 5.69 Å². The van der Waals surface area contributed by atoms with Crippen molar-refractivity contribution in [2.45, 2.75) is 23.8 Å². The van der Waals surface area contributed by atoms with Crippen LogP contribution in [0.1, 0.15) is 12.8 Å². The Balaban J connectivity index is 1.87. The molecule has 3 N–H and O–H groups in total. The third-order valence-electron chi connectivity index (χ3n) is 3.01. The molecule has 0 amide bonds. The molecule has 2 aromatic rings. The van der Waals surface area contributed by atoms with Gasteiger partial charge in [0.1, 0.15) is 5.02 Å². The number of nitrogens with one attached hydrogen (secondary N) is 1. The van der Waals surface area contributed by atoms with E-state index in [4.69, 9.17) is 17.3 Å². The molecule has 20 heavy (non-hydrogen) atoms. The molecule has 1 aromatic heterocycles. The molecule has 1 saturated carbocycles. The number of rotatable bonds is 4. The minimum Gasteiger partial charge on any atom is -0.381 e. The van der Waals surface area contributed by atoms with Gasteiger partial charge in [0.05, 0.1) is 16.8 Å². The summed E-state index contributed by atoms with van der Waals surface area (Å²) in [6.45, 7) is 0. The molecule has 1 aromatic carbocycles. The van der Waals surface area contributed by atoms with Gasteiger partial charge in [0, 0.05) is 6.04 Å². The lowest BCUT2D eigenvalue weighted by atomic mass is 10.3. The van der Waals surface area contributed by atoms with Crippen LogP contribution >= 0.6 is 11.6 Å². The van der Waals surface area contributed by atoms with E-state index in [0.717, 1.165) is 12.8 Å². The Bertz CT molecular complexity index is 716. The van der Waals surface area contributed by atoms with Crippen LogP contribution in [0, 0.1) is 0 Å². The number of hydrogen-bond donors (Lipinski definition) is 2. The van der Waals surface area contributed by atoms with Crippen molar-refractivity contribution < 1.29 is 8.42 Å². The summed E-state index contributed by atoms with van der Waals surface area (Å²) in [5.74, 6) is 0.235. The average Bonchev–Trinajstić information content (AvgIpc) is 3.14. The summed E-state index contributed by atoms with van der Waals surface area (Å²) >= 11 is 5.83. The molecule has 6 nitrogen and oxygen atoms in total. The van der Waals surface area contributed by atoms with Crippen LogP contribution in [-0.4, -0.2) is 24.2 Å². The van der Waals surface area contributed by atoms with E-state index in [9.17, 15) is 8.42 Å². The zero-order chi connectivity index (χ0) is 14.3. The van der Waals surface area contributed by atoms with Gasteiger partial charge in [-0.05, 0) is 37.1 Å². The minimum atomic E-state index is -3.43. The second-order valence-electron chi connectivity index (χ2n) is 4.70. The van der Waals surface area contributed by atoms with Crippen LogP contribution in [0.4, 0.5) is 5.82 Å².